The molecule has 1 aliphatic carbocycles. The minimum Gasteiger partial charge on any atom is -0.493 e. The number of benzene rings is 1. The fraction of sp³-hybridized carbons (Fsp3) is 0.250. The van der Waals surface area contributed by atoms with Gasteiger partial charge in [0.2, 0.25) is 0 Å². The molecule has 0 saturated heterocycles. The van der Waals surface area contributed by atoms with Crippen LogP contribution in [-0.4, -0.2) is 11.6 Å². The lowest BCUT2D eigenvalue weighted by Gasteiger charge is -2.08. The van der Waals surface area contributed by atoms with Crippen LogP contribution in [-0.2, 0) is 0 Å². The summed E-state index contributed by atoms with van der Waals surface area (Å²) in [6.07, 6.45) is 4.08. The zero-order chi connectivity index (χ0) is 13.8. The molecule has 0 N–H and O–H groups in total. The largest absolute Gasteiger partial charge is 0.493 e. The van der Waals surface area contributed by atoms with Crippen LogP contribution in [0.3, 0.4) is 0 Å². The maximum Gasteiger partial charge on any atom is 0.145 e. The fourth-order valence-electron chi connectivity index (χ4n) is 1.77. The maximum atomic E-state index is 8.69. The molecule has 3 rings (SSSR count). The first-order valence-electron chi connectivity index (χ1n) is 6.60. The highest BCUT2D eigenvalue weighted by Gasteiger charge is 2.21. The van der Waals surface area contributed by atoms with Gasteiger partial charge in [0.25, 0.3) is 0 Å². The maximum absolute atomic E-state index is 8.69. The predicted molar refractivity (Wildman–Crippen MR) is 73.7 cm³/mol. The monoisotopic (exact) mass is 266 g/mol. The molecule has 1 heterocycles. The molecule has 4 heteroatoms. The summed E-state index contributed by atoms with van der Waals surface area (Å²) in [7, 11) is 0. The van der Waals surface area contributed by atoms with Crippen LogP contribution in [0.1, 0.15) is 18.5 Å². The van der Waals surface area contributed by atoms with Gasteiger partial charge in [-0.1, -0.05) is 6.07 Å². The Hall–Kier alpha value is -2.54. The third-order valence-electron chi connectivity index (χ3n) is 3.07. The molecule has 20 heavy (non-hydrogen) atoms. The van der Waals surface area contributed by atoms with Gasteiger partial charge in [0, 0.05) is 6.07 Å². The summed E-state index contributed by atoms with van der Waals surface area (Å²) in [5, 5.41) is 8.69. The van der Waals surface area contributed by atoms with Crippen LogP contribution in [0.4, 0.5) is 0 Å². The van der Waals surface area contributed by atoms with Crippen LogP contribution in [0.5, 0.6) is 17.2 Å². The summed E-state index contributed by atoms with van der Waals surface area (Å²) in [4.78, 5) is 3.97. The van der Waals surface area contributed by atoms with Crippen LogP contribution in [0, 0.1) is 17.2 Å². The minimum atomic E-state index is 0.374. The van der Waals surface area contributed by atoms with Gasteiger partial charge in [-0.2, -0.15) is 5.26 Å². The van der Waals surface area contributed by atoms with E-state index in [2.05, 4.69) is 4.98 Å². The van der Waals surface area contributed by atoms with E-state index in [9.17, 15) is 0 Å². The normalized spacial score (nSPS) is 13.6. The highest BCUT2D eigenvalue weighted by molar-refractivity contribution is 5.37. The molecular weight excluding hydrogens is 252 g/mol. The van der Waals surface area contributed by atoms with Crippen molar-refractivity contribution in [3.63, 3.8) is 0 Å². The Morgan fingerprint density at radius 3 is 2.70 bits per heavy atom. The molecule has 4 nitrogen and oxygen atoms in total. The molecule has 2 aromatic rings. The molecule has 0 atom stereocenters. The van der Waals surface area contributed by atoms with Gasteiger partial charge in [-0.15, -0.1) is 0 Å². The van der Waals surface area contributed by atoms with Crippen LogP contribution < -0.4 is 9.47 Å². The van der Waals surface area contributed by atoms with Gasteiger partial charge in [0.15, 0.2) is 0 Å². The fourth-order valence-corrected chi connectivity index (χ4v) is 1.77. The number of hydrogen-bond acceptors (Lipinski definition) is 4. The van der Waals surface area contributed by atoms with E-state index in [1.165, 1.54) is 19.0 Å². The van der Waals surface area contributed by atoms with Gasteiger partial charge < -0.3 is 9.47 Å². The van der Waals surface area contributed by atoms with Crippen molar-refractivity contribution >= 4 is 0 Å². The first-order chi connectivity index (χ1) is 9.83. The third-order valence-corrected chi connectivity index (χ3v) is 3.07. The predicted octanol–water partition coefficient (Wildman–Crippen LogP) is 3.53. The van der Waals surface area contributed by atoms with E-state index in [1.54, 1.807) is 12.1 Å². The van der Waals surface area contributed by atoms with Gasteiger partial charge in [0.05, 0.1) is 12.8 Å². The standard InChI is InChI=1S/C16H14N2O2/c17-9-13-6-7-16(10-18-13)20-15-3-1-2-14(8-15)19-11-12-4-5-12/h1-3,6-8,10,12H,4-5,11H2. The number of rotatable bonds is 5. The van der Waals surface area contributed by atoms with Crippen LogP contribution in [0.25, 0.3) is 0 Å². The molecule has 0 radical (unpaired) electrons. The Labute approximate surface area is 117 Å². The first-order valence-corrected chi connectivity index (χ1v) is 6.60. The van der Waals surface area contributed by atoms with E-state index < -0.39 is 0 Å². The van der Waals surface area contributed by atoms with Gasteiger partial charge in [-0.05, 0) is 43.0 Å². The van der Waals surface area contributed by atoms with Crippen molar-refractivity contribution in [1.82, 2.24) is 4.98 Å². The SMILES string of the molecule is N#Cc1ccc(Oc2cccc(OCC3CC3)c2)cn1. The molecule has 1 aromatic heterocycles. The summed E-state index contributed by atoms with van der Waals surface area (Å²) in [6.45, 7) is 0.780. The van der Waals surface area contributed by atoms with Gasteiger partial charge in [0.1, 0.15) is 29.0 Å². The van der Waals surface area contributed by atoms with E-state index >= 15 is 0 Å². The van der Waals surface area contributed by atoms with E-state index in [-0.39, 0.29) is 0 Å². The van der Waals surface area contributed by atoms with E-state index in [0.717, 1.165) is 18.3 Å². The summed E-state index contributed by atoms with van der Waals surface area (Å²) in [5.74, 6) is 2.84. The van der Waals surface area contributed by atoms with Gasteiger partial charge in [-0.3, -0.25) is 0 Å². The molecule has 100 valence electrons. The molecule has 1 aliphatic rings. The highest BCUT2D eigenvalue weighted by Crippen LogP contribution is 2.30. The summed E-state index contributed by atoms with van der Waals surface area (Å²) >= 11 is 0. The summed E-state index contributed by atoms with van der Waals surface area (Å²) in [5.41, 5.74) is 0.374. The molecule has 0 spiro atoms. The van der Waals surface area contributed by atoms with Crippen LogP contribution >= 0.6 is 0 Å². The molecule has 1 fully saturated rings. The molecule has 1 saturated carbocycles. The zero-order valence-corrected chi connectivity index (χ0v) is 11.0. The van der Waals surface area contributed by atoms with Crippen molar-refractivity contribution < 1.29 is 9.47 Å². The van der Waals surface area contributed by atoms with Crippen molar-refractivity contribution in [2.24, 2.45) is 5.92 Å². The van der Waals surface area contributed by atoms with Crippen LogP contribution in [0.2, 0.25) is 0 Å². The zero-order valence-electron chi connectivity index (χ0n) is 11.0. The highest BCUT2D eigenvalue weighted by atomic mass is 16.5. The number of nitrogens with zero attached hydrogens (tertiary/aromatic N) is 2. The van der Waals surface area contributed by atoms with E-state index in [1.807, 2.05) is 30.3 Å². The van der Waals surface area contributed by atoms with E-state index in [0.29, 0.717) is 17.2 Å². The van der Waals surface area contributed by atoms with Crippen molar-refractivity contribution in [2.45, 2.75) is 12.8 Å². The average molecular weight is 266 g/mol. The lowest BCUT2D eigenvalue weighted by atomic mass is 10.3. The second kappa shape index (κ2) is 5.62. The van der Waals surface area contributed by atoms with Crippen molar-refractivity contribution in [3.8, 4) is 23.3 Å². The smallest absolute Gasteiger partial charge is 0.145 e. The molecule has 0 amide bonds. The van der Waals surface area contributed by atoms with Gasteiger partial charge in [-0.25, -0.2) is 4.98 Å². The Bertz CT molecular complexity index is 628. The summed E-state index contributed by atoms with van der Waals surface area (Å²) in [6, 6.07) is 12.9. The quantitative estimate of drug-likeness (QED) is 0.830. The molecular formula is C16H14N2O2. The topological polar surface area (TPSA) is 55.1 Å². The average Bonchev–Trinajstić information content (AvgIpc) is 3.31. The number of pyridine rings is 1. The Kier molecular flexibility index (Phi) is 3.51. The third kappa shape index (κ3) is 3.27. The first kappa shape index (κ1) is 12.5. The lowest BCUT2D eigenvalue weighted by Crippen LogP contribution is -1.98. The Morgan fingerprint density at radius 1 is 1.15 bits per heavy atom. The van der Waals surface area contributed by atoms with E-state index in [4.69, 9.17) is 14.7 Å². The number of aromatic nitrogens is 1. The Balaban J connectivity index is 1.66. The Morgan fingerprint density at radius 2 is 2.00 bits per heavy atom. The number of nitriles is 1. The molecule has 0 aliphatic heterocycles. The number of hydrogen-bond donors (Lipinski definition) is 0. The van der Waals surface area contributed by atoms with Gasteiger partial charge >= 0.3 is 0 Å². The number of ether oxygens (including phenoxy) is 2. The second-order valence-corrected chi connectivity index (χ2v) is 4.82. The molecule has 0 unspecified atom stereocenters. The van der Waals surface area contributed by atoms with Crippen molar-refractivity contribution in [2.75, 3.05) is 6.61 Å². The second-order valence-electron chi connectivity index (χ2n) is 4.82. The van der Waals surface area contributed by atoms with Crippen molar-refractivity contribution in [3.05, 3.63) is 48.3 Å². The molecule has 1 aromatic carbocycles. The summed E-state index contributed by atoms with van der Waals surface area (Å²) < 4.78 is 11.4. The molecule has 0 bridgehead atoms. The van der Waals surface area contributed by atoms with Crippen LogP contribution in [0.15, 0.2) is 42.6 Å². The lowest BCUT2D eigenvalue weighted by molar-refractivity contribution is 0.298. The van der Waals surface area contributed by atoms with Crippen molar-refractivity contribution in [1.29, 1.82) is 5.26 Å². The minimum absolute atomic E-state index is 0.374.